The van der Waals surface area contributed by atoms with Gasteiger partial charge >= 0.3 is 0 Å². The fourth-order valence-corrected chi connectivity index (χ4v) is 4.23. The van der Waals surface area contributed by atoms with Crippen molar-refractivity contribution in [3.63, 3.8) is 0 Å². The van der Waals surface area contributed by atoms with Crippen molar-refractivity contribution < 1.29 is 4.74 Å². The molecule has 0 aliphatic carbocycles. The van der Waals surface area contributed by atoms with Gasteiger partial charge < -0.3 is 9.64 Å². The summed E-state index contributed by atoms with van der Waals surface area (Å²) >= 11 is 0. The van der Waals surface area contributed by atoms with Gasteiger partial charge in [-0.15, -0.1) is 0 Å². The SMILES string of the molecule is c1cc(N2CCCC2)ccc1-c1ccc(CN2CC3(COC3)C2)nn1. The van der Waals surface area contributed by atoms with Crippen LogP contribution >= 0.6 is 0 Å². The third kappa shape index (κ3) is 2.92. The largest absolute Gasteiger partial charge is 0.380 e. The van der Waals surface area contributed by atoms with Gasteiger partial charge in [0.15, 0.2) is 0 Å². The van der Waals surface area contributed by atoms with E-state index in [0.717, 1.165) is 49.8 Å². The first kappa shape index (κ1) is 15.3. The summed E-state index contributed by atoms with van der Waals surface area (Å²) in [5.74, 6) is 0. The Morgan fingerprint density at radius 3 is 2.28 bits per heavy atom. The van der Waals surface area contributed by atoms with Crippen molar-refractivity contribution in [1.82, 2.24) is 15.1 Å². The summed E-state index contributed by atoms with van der Waals surface area (Å²) < 4.78 is 5.33. The van der Waals surface area contributed by atoms with E-state index in [-0.39, 0.29) is 0 Å². The minimum atomic E-state index is 0.463. The van der Waals surface area contributed by atoms with Crippen LogP contribution in [0.25, 0.3) is 11.3 Å². The van der Waals surface area contributed by atoms with Gasteiger partial charge in [-0.25, -0.2) is 0 Å². The predicted octanol–water partition coefficient (Wildman–Crippen LogP) is 2.58. The molecule has 0 N–H and O–H groups in total. The van der Waals surface area contributed by atoms with Gasteiger partial charge in [0, 0.05) is 49.4 Å². The van der Waals surface area contributed by atoms with E-state index in [1.807, 2.05) is 0 Å². The topological polar surface area (TPSA) is 41.5 Å². The van der Waals surface area contributed by atoms with Crippen LogP contribution in [0.2, 0.25) is 0 Å². The van der Waals surface area contributed by atoms with Crippen molar-refractivity contribution in [2.24, 2.45) is 5.41 Å². The second-order valence-corrected chi connectivity index (χ2v) is 7.79. The van der Waals surface area contributed by atoms with E-state index in [4.69, 9.17) is 4.74 Å². The number of likely N-dealkylation sites (tertiary alicyclic amines) is 1. The molecule has 0 radical (unpaired) electrons. The first-order valence-corrected chi connectivity index (χ1v) is 9.28. The van der Waals surface area contributed by atoms with Crippen LogP contribution in [0.4, 0.5) is 5.69 Å². The number of aromatic nitrogens is 2. The van der Waals surface area contributed by atoms with Gasteiger partial charge in [0.1, 0.15) is 0 Å². The number of hydrogen-bond donors (Lipinski definition) is 0. The van der Waals surface area contributed by atoms with Crippen molar-refractivity contribution in [3.05, 3.63) is 42.1 Å². The number of anilines is 1. The molecular formula is C20H24N4O. The van der Waals surface area contributed by atoms with Gasteiger partial charge in [-0.2, -0.15) is 10.2 Å². The van der Waals surface area contributed by atoms with Crippen LogP contribution in [0.5, 0.6) is 0 Å². The molecule has 4 heterocycles. The molecule has 5 nitrogen and oxygen atoms in total. The minimum Gasteiger partial charge on any atom is -0.380 e. The third-order valence-corrected chi connectivity index (χ3v) is 5.67. The Kier molecular flexibility index (Phi) is 3.71. The van der Waals surface area contributed by atoms with Crippen LogP contribution in [0.15, 0.2) is 36.4 Å². The molecule has 130 valence electrons. The highest BCUT2D eigenvalue weighted by Gasteiger charge is 2.48. The summed E-state index contributed by atoms with van der Waals surface area (Å²) in [4.78, 5) is 4.88. The summed E-state index contributed by atoms with van der Waals surface area (Å²) in [6, 6.07) is 12.9. The molecule has 0 amide bonds. The Bertz CT molecular complexity index is 725. The van der Waals surface area contributed by atoms with Crippen LogP contribution in [0.1, 0.15) is 18.5 Å². The average molecular weight is 336 g/mol. The van der Waals surface area contributed by atoms with E-state index in [1.54, 1.807) is 0 Å². The second kappa shape index (κ2) is 6.07. The summed E-state index contributed by atoms with van der Waals surface area (Å²) in [5.41, 5.74) is 4.91. The quantitative estimate of drug-likeness (QED) is 0.858. The Morgan fingerprint density at radius 1 is 0.920 bits per heavy atom. The zero-order valence-corrected chi connectivity index (χ0v) is 14.5. The molecule has 0 unspecified atom stereocenters. The average Bonchev–Trinajstić information content (AvgIpc) is 3.11. The predicted molar refractivity (Wildman–Crippen MR) is 97.4 cm³/mol. The van der Waals surface area contributed by atoms with Crippen molar-refractivity contribution >= 4 is 5.69 Å². The van der Waals surface area contributed by atoms with E-state index in [1.165, 1.54) is 31.6 Å². The molecule has 5 rings (SSSR count). The van der Waals surface area contributed by atoms with Gasteiger partial charge in [-0.05, 0) is 37.1 Å². The monoisotopic (exact) mass is 336 g/mol. The highest BCUT2D eigenvalue weighted by atomic mass is 16.5. The first-order valence-electron chi connectivity index (χ1n) is 9.28. The molecule has 5 heteroatoms. The molecule has 3 saturated heterocycles. The molecule has 3 fully saturated rings. The van der Waals surface area contributed by atoms with Gasteiger partial charge in [-0.1, -0.05) is 12.1 Å². The maximum Gasteiger partial charge on any atom is 0.0929 e. The molecule has 3 aliphatic rings. The lowest BCUT2D eigenvalue weighted by molar-refractivity contribution is -0.191. The summed E-state index contributed by atoms with van der Waals surface area (Å²) in [6.45, 7) is 7.38. The number of hydrogen-bond acceptors (Lipinski definition) is 5. The van der Waals surface area contributed by atoms with Crippen molar-refractivity contribution in [2.75, 3.05) is 44.3 Å². The molecule has 25 heavy (non-hydrogen) atoms. The van der Waals surface area contributed by atoms with Gasteiger partial charge in [-0.3, -0.25) is 4.90 Å². The summed E-state index contributed by atoms with van der Waals surface area (Å²) in [6.07, 6.45) is 2.61. The molecule has 3 aliphatic heterocycles. The minimum absolute atomic E-state index is 0.463. The van der Waals surface area contributed by atoms with Crippen molar-refractivity contribution in [1.29, 1.82) is 0 Å². The van der Waals surface area contributed by atoms with E-state index in [0.29, 0.717) is 5.41 Å². The molecule has 0 saturated carbocycles. The number of rotatable bonds is 4. The smallest absolute Gasteiger partial charge is 0.0929 e. The van der Waals surface area contributed by atoms with Gasteiger partial charge in [0.2, 0.25) is 0 Å². The number of benzene rings is 1. The molecule has 2 aromatic rings. The highest BCUT2D eigenvalue weighted by Crippen LogP contribution is 2.38. The Hall–Kier alpha value is -1.98. The van der Waals surface area contributed by atoms with Crippen LogP contribution in [-0.2, 0) is 11.3 Å². The lowest BCUT2D eigenvalue weighted by Crippen LogP contribution is -2.65. The Balaban J connectivity index is 1.22. The molecule has 1 spiro atoms. The highest BCUT2D eigenvalue weighted by molar-refractivity contribution is 5.63. The van der Waals surface area contributed by atoms with Crippen LogP contribution in [-0.4, -0.2) is 54.5 Å². The van der Waals surface area contributed by atoms with Crippen LogP contribution in [0.3, 0.4) is 0 Å². The summed E-state index contributed by atoms with van der Waals surface area (Å²) in [7, 11) is 0. The molecule has 1 aromatic carbocycles. The maximum absolute atomic E-state index is 5.33. The third-order valence-electron chi connectivity index (χ3n) is 5.67. The number of nitrogens with zero attached hydrogens (tertiary/aromatic N) is 4. The second-order valence-electron chi connectivity index (χ2n) is 7.79. The molecule has 0 atom stereocenters. The fraction of sp³-hybridized carbons (Fsp3) is 0.500. The van der Waals surface area contributed by atoms with Gasteiger partial charge in [0.05, 0.1) is 24.6 Å². The zero-order valence-electron chi connectivity index (χ0n) is 14.5. The first-order chi connectivity index (χ1) is 12.3. The van der Waals surface area contributed by atoms with Crippen LogP contribution in [0, 0.1) is 5.41 Å². The van der Waals surface area contributed by atoms with E-state index in [2.05, 4.69) is 56.4 Å². The molecule has 0 bridgehead atoms. The Labute approximate surface area is 148 Å². The van der Waals surface area contributed by atoms with E-state index in [9.17, 15) is 0 Å². The van der Waals surface area contributed by atoms with E-state index >= 15 is 0 Å². The zero-order chi connectivity index (χ0) is 16.7. The molecular weight excluding hydrogens is 312 g/mol. The van der Waals surface area contributed by atoms with E-state index < -0.39 is 0 Å². The summed E-state index contributed by atoms with van der Waals surface area (Å²) in [5, 5.41) is 8.88. The lowest BCUT2D eigenvalue weighted by atomic mass is 9.78. The lowest BCUT2D eigenvalue weighted by Gasteiger charge is -2.55. The molecule has 1 aromatic heterocycles. The standard InChI is InChI=1S/C20H24N4O/c1-2-10-24(9-1)18-6-3-16(4-7-18)19-8-5-17(21-22-19)11-23-12-20(13-23)14-25-15-20/h3-8H,1-2,9-15H2. The Morgan fingerprint density at radius 2 is 1.68 bits per heavy atom. The maximum atomic E-state index is 5.33. The van der Waals surface area contributed by atoms with Crippen molar-refractivity contribution in [2.45, 2.75) is 19.4 Å². The van der Waals surface area contributed by atoms with Gasteiger partial charge in [0.25, 0.3) is 0 Å². The van der Waals surface area contributed by atoms with Crippen molar-refractivity contribution in [3.8, 4) is 11.3 Å². The van der Waals surface area contributed by atoms with Crippen LogP contribution < -0.4 is 4.90 Å². The normalized spacial score (nSPS) is 22.0. The fourth-order valence-electron chi connectivity index (χ4n) is 4.23. The number of ether oxygens (including phenoxy) is 1.